The summed E-state index contributed by atoms with van der Waals surface area (Å²) in [5, 5.41) is 0.440. The molecule has 3 rings (SSSR count). The second-order valence-electron chi connectivity index (χ2n) is 4.65. The topological polar surface area (TPSA) is 25.4 Å². The number of rotatable bonds is 2. The van der Waals surface area contributed by atoms with E-state index < -0.39 is 24.7 Å². The summed E-state index contributed by atoms with van der Waals surface area (Å²) in [5.41, 5.74) is 0.746. The van der Waals surface area contributed by atoms with Crippen LogP contribution in [-0.4, -0.2) is 43.4 Å². The molecule has 1 aromatic carbocycles. The van der Waals surface area contributed by atoms with Crippen LogP contribution in [0.15, 0.2) is 24.3 Å². The van der Waals surface area contributed by atoms with Crippen molar-refractivity contribution in [1.29, 1.82) is 0 Å². The van der Waals surface area contributed by atoms with Crippen molar-refractivity contribution in [3.05, 3.63) is 24.3 Å². The molecule has 0 N–H and O–H groups in total. The minimum absolute atomic E-state index is 0.264. The number of anilines is 1. The number of para-hydroxylation sites is 1. The third-order valence-corrected chi connectivity index (χ3v) is 4.44. The van der Waals surface area contributed by atoms with Gasteiger partial charge in [0.2, 0.25) is 0 Å². The van der Waals surface area contributed by atoms with Gasteiger partial charge in [-0.25, -0.2) is 18.2 Å². The van der Waals surface area contributed by atoms with Crippen LogP contribution in [0.1, 0.15) is 0 Å². The predicted molar refractivity (Wildman–Crippen MR) is 72.5 cm³/mol. The number of benzene rings is 1. The first-order valence-electron chi connectivity index (χ1n) is 6.19. The van der Waals surface area contributed by atoms with Gasteiger partial charge in [-0.2, -0.15) is 0 Å². The van der Waals surface area contributed by atoms with Gasteiger partial charge < -0.3 is 9.64 Å². The third-order valence-electron chi connectivity index (χ3n) is 3.37. The number of hydrogen-bond acceptors (Lipinski definition) is 4. The highest BCUT2D eigenvalue weighted by Gasteiger charge is 2.46. The quantitative estimate of drug-likeness (QED) is 0.852. The smallest absolute Gasteiger partial charge is 0.188 e. The van der Waals surface area contributed by atoms with Crippen LogP contribution in [-0.2, 0) is 4.74 Å². The van der Waals surface area contributed by atoms with Gasteiger partial charge in [0.25, 0.3) is 0 Å². The fourth-order valence-corrected chi connectivity index (χ4v) is 3.35. The van der Waals surface area contributed by atoms with Crippen molar-refractivity contribution in [2.75, 3.05) is 18.6 Å². The van der Waals surface area contributed by atoms with Crippen LogP contribution in [0.3, 0.4) is 0 Å². The number of hydrogen-bond donors (Lipinski definition) is 0. The van der Waals surface area contributed by atoms with E-state index in [1.165, 1.54) is 23.3 Å². The van der Waals surface area contributed by atoms with Gasteiger partial charge in [-0.1, -0.05) is 23.5 Å². The van der Waals surface area contributed by atoms with Gasteiger partial charge in [-0.05, 0) is 12.1 Å². The molecule has 0 saturated carbocycles. The highest BCUT2D eigenvalue weighted by molar-refractivity contribution is 7.22. The van der Waals surface area contributed by atoms with Crippen molar-refractivity contribution in [2.45, 2.75) is 24.7 Å². The zero-order valence-electron chi connectivity index (χ0n) is 10.7. The number of fused-ring (bicyclic) bond motifs is 1. The summed E-state index contributed by atoms with van der Waals surface area (Å²) in [4.78, 5) is 5.69. The third kappa shape index (κ3) is 2.14. The molecule has 4 unspecified atom stereocenters. The second kappa shape index (κ2) is 5.21. The maximum atomic E-state index is 13.9. The first-order chi connectivity index (χ1) is 9.61. The largest absolute Gasteiger partial charge is 0.358 e. The molecule has 1 fully saturated rings. The Bertz CT molecular complexity index is 575. The lowest BCUT2D eigenvalue weighted by atomic mass is 10.0. The van der Waals surface area contributed by atoms with Crippen molar-refractivity contribution >= 4 is 26.7 Å². The van der Waals surface area contributed by atoms with Gasteiger partial charge in [0.1, 0.15) is 0 Å². The molecule has 1 aliphatic rings. The monoisotopic (exact) mass is 302 g/mol. The SMILES string of the molecule is COC1C(F)C(F)C(F)CN1c1nc2ccccc2s1. The Labute approximate surface area is 118 Å². The molecule has 2 heterocycles. The highest BCUT2D eigenvalue weighted by Crippen LogP contribution is 2.35. The maximum Gasteiger partial charge on any atom is 0.188 e. The lowest BCUT2D eigenvalue weighted by Gasteiger charge is -2.39. The van der Waals surface area contributed by atoms with Crippen molar-refractivity contribution in [3.8, 4) is 0 Å². The van der Waals surface area contributed by atoms with Gasteiger partial charge in [0, 0.05) is 7.11 Å². The predicted octanol–water partition coefficient (Wildman–Crippen LogP) is 3.10. The number of aromatic nitrogens is 1. The number of ether oxygens (including phenoxy) is 1. The molecule has 2 aromatic rings. The Morgan fingerprint density at radius 2 is 2.00 bits per heavy atom. The van der Waals surface area contributed by atoms with E-state index >= 15 is 0 Å². The second-order valence-corrected chi connectivity index (χ2v) is 5.66. The van der Waals surface area contributed by atoms with Crippen molar-refractivity contribution in [2.24, 2.45) is 0 Å². The summed E-state index contributed by atoms with van der Waals surface area (Å²) in [6.45, 7) is -0.264. The highest BCUT2D eigenvalue weighted by atomic mass is 32.1. The molecular weight excluding hydrogens is 289 g/mol. The van der Waals surface area contributed by atoms with E-state index in [0.29, 0.717) is 5.13 Å². The van der Waals surface area contributed by atoms with E-state index in [9.17, 15) is 13.2 Å². The Morgan fingerprint density at radius 1 is 1.25 bits per heavy atom. The Kier molecular flexibility index (Phi) is 3.55. The molecule has 4 atom stereocenters. The number of thiazole rings is 1. The van der Waals surface area contributed by atoms with Gasteiger partial charge in [0.15, 0.2) is 29.9 Å². The van der Waals surface area contributed by atoms with E-state index in [-0.39, 0.29) is 6.54 Å². The van der Waals surface area contributed by atoms with Crippen molar-refractivity contribution < 1.29 is 17.9 Å². The van der Waals surface area contributed by atoms with E-state index in [4.69, 9.17) is 4.74 Å². The standard InChI is InChI=1S/C13H13F3N2OS/c1-19-12-11(16)10(15)7(14)6-18(12)13-17-8-4-2-3-5-9(8)20-13/h2-5,7,10-12H,6H2,1H3. The van der Waals surface area contributed by atoms with E-state index in [0.717, 1.165) is 10.2 Å². The molecule has 1 saturated heterocycles. The zero-order valence-corrected chi connectivity index (χ0v) is 11.5. The molecule has 0 spiro atoms. The number of methoxy groups -OCH3 is 1. The zero-order chi connectivity index (χ0) is 14.3. The molecule has 0 radical (unpaired) electrons. The van der Waals surface area contributed by atoms with Gasteiger partial charge in [-0.15, -0.1) is 0 Å². The van der Waals surface area contributed by atoms with Gasteiger partial charge in [0.05, 0.1) is 16.8 Å². The maximum absolute atomic E-state index is 13.9. The summed E-state index contributed by atoms with van der Waals surface area (Å²) in [6, 6.07) is 7.39. The molecule has 1 aromatic heterocycles. The average molecular weight is 302 g/mol. The molecule has 0 aliphatic carbocycles. The summed E-state index contributed by atoms with van der Waals surface area (Å²) >= 11 is 1.31. The lowest BCUT2D eigenvalue weighted by molar-refractivity contribution is -0.0528. The molecule has 0 bridgehead atoms. The normalized spacial score (nSPS) is 30.9. The summed E-state index contributed by atoms with van der Waals surface area (Å²) in [7, 11) is 1.28. The van der Waals surface area contributed by atoms with Crippen LogP contribution in [0.4, 0.5) is 18.3 Å². The Balaban J connectivity index is 1.98. The van der Waals surface area contributed by atoms with E-state index in [1.807, 2.05) is 24.3 Å². The first-order valence-corrected chi connectivity index (χ1v) is 7.00. The van der Waals surface area contributed by atoms with Crippen LogP contribution >= 0.6 is 11.3 Å². The van der Waals surface area contributed by atoms with Crippen molar-refractivity contribution in [1.82, 2.24) is 4.98 Å². The minimum atomic E-state index is -2.16. The summed E-state index contributed by atoms with van der Waals surface area (Å²) in [5.74, 6) is 0. The number of piperidine rings is 1. The van der Waals surface area contributed by atoms with E-state index in [2.05, 4.69) is 4.98 Å². The minimum Gasteiger partial charge on any atom is -0.358 e. The van der Waals surface area contributed by atoms with Crippen LogP contribution in [0, 0.1) is 0 Å². The molecular formula is C13H13F3N2OS. The Morgan fingerprint density at radius 3 is 2.70 bits per heavy atom. The lowest BCUT2D eigenvalue weighted by Crippen LogP contribution is -2.58. The average Bonchev–Trinajstić information content (AvgIpc) is 2.88. The number of halogens is 3. The molecule has 1 aliphatic heterocycles. The number of nitrogens with zero attached hydrogens (tertiary/aromatic N) is 2. The van der Waals surface area contributed by atoms with Crippen molar-refractivity contribution in [3.63, 3.8) is 0 Å². The van der Waals surface area contributed by atoms with Crippen LogP contribution < -0.4 is 4.90 Å². The molecule has 20 heavy (non-hydrogen) atoms. The Hall–Kier alpha value is -1.34. The molecule has 0 amide bonds. The summed E-state index contributed by atoms with van der Waals surface area (Å²) < 4.78 is 46.8. The summed E-state index contributed by atoms with van der Waals surface area (Å²) in [6.07, 6.45) is -7.23. The van der Waals surface area contributed by atoms with Gasteiger partial charge >= 0.3 is 0 Å². The number of alkyl halides is 3. The first kappa shape index (κ1) is 13.6. The van der Waals surface area contributed by atoms with Crippen LogP contribution in [0.2, 0.25) is 0 Å². The van der Waals surface area contributed by atoms with Crippen LogP contribution in [0.5, 0.6) is 0 Å². The van der Waals surface area contributed by atoms with E-state index in [1.54, 1.807) is 0 Å². The van der Waals surface area contributed by atoms with Gasteiger partial charge in [-0.3, -0.25) is 0 Å². The molecule has 7 heteroatoms. The fourth-order valence-electron chi connectivity index (χ4n) is 2.35. The molecule has 108 valence electrons. The fraction of sp³-hybridized carbons (Fsp3) is 0.462. The van der Waals surface area contributed by atoms with Crippen LogP contribution in [0.25, 0.3) is 10.2 Å². The molecule has 3 nitrogen and oxygen atoms in total.